The molecule has 2 heterocycles. The largest absolute Gasteiger partial charge is 0.444 e. The predicted molar refractivity (Wildman–Crippen MR) is 70.7 cm³/mol. The summed E-state index contributed by atoms with van der Waals surface area (Å²) in [6.45, 7) is 3.91. The number of aromatic nitrogens is 1. The molecule has 17 heavy (non-hydrogen) atoms. The quantitative estimate of drug-likeness (QED) is 0.853. The lowest BCUT2D eigenvalue weighted by molar-refractivity contribution is 0.0965. The van der Waals surface area contributed by atoms with Crippen molar-refractivity contribution < 1.29 is 9.21 Å². The van der Waals surface area contributed by atoms with Gasteiger partial charge in [0.05, 0.1) is 5.69 Å². The van der Waals surface area contributed by atoms with Gasteiger partial charge in [-0.15, -0.1) is 11.3 Å². The number of hydrogen-bond donors (Lipinski definition) is 0. The van der Waals surface area contributed by atoms with Gasteiger partial charge in [0.15, 0.2) is 15.6 Å². The highest BCUT2D eigenvalue weighted by molar-refractivity contribution is 9.10. The van der Waals surface area contributed by atoms with Crippen molar-refractivity contribution in [2.75, 3.05) is 11.9 Å². The molecule has 2 aromatic rings. The summed E-state index contributed by atoms with van der Waals surface area (Å²) in [5, 5.41) is 0.678. The smallest absolute Gasteiger partial charge is 0.295 e. The van der Waals surface area contributed by atoms with Crippen LogP contribution in [0, 0.1) is 13.8 Å². The van der Waals surface area contributed by atoms with Gasteiger partial charge in [0, 0.05) is 11.9 Å². The minimum absolute atomic E-state index is 0.204. The molecule has 4 nitrogen and oxygen atoms in total. The molecule has 0 bridgehead atoms. The average molecular weight is 315 g/mol. The molecule has 0 unspecified atom stereocenters. The van der Waals surface area contributed by atoms with Crippen LogP contribution in [-0.2, 0) is 0 Å². The predicted octanol–water partition coefficient (Wildman–Crippen LogP) is 3.39. The molecular formula is C11H11BrN2O2S. The van der Waals surface area contributed by atoms with E-state index in [1.165, 1.54) is 16.2 Å². The fraction of sp³-hybridized carbons (Fsp3) is 0.273. The van der Waals surface area contributed by atoms with Crippen molar-refractivity contribution in [2.24, 2.45) is 0 Å². The van der Waals surface area contributed by atoms with Gasteiger partial charge in [-0.1, -0.05) is 0 Å². The molecule has 0 saturated heterocycles. The summed E-state index contributed by atoms with van der Waals surface area (Å²) in [5.41, 5.74) is 0.949. The summed E-state index contributed by atoms with van der Waals surface area (Å²) in [5.74, 6) is 0.0920. The van der Waals surface area contributed by atoms with Gasteiger partial charge in [-0.3, -0.25) is 9.69 Å². The van der Waals surface area contributed by atoms with Crippen molar-refractivity contribution in [3.8, 4) is 0 Å². The Morgan fingerprint density at radius 1 is 1.47 bits per heavy atom. The fourth-order valence-electron chi connectivity index (χ4n) is 1.28. The van der Waals surface area contributed by atoms with Gasteiger partial charge in [-0.25, -0.2) is 4.98 Å². The van der Waals surface area contributed by atoms with Crippen LogP contribution in [0.2, 0.25) is 0 Å². The second kappa shape index (κ2) is 4.62. The standard InChI is InChI=1S/C11H11BrN2O2S/c1-6-7(2)17-11(13-6)14(3)10(15)8-4-5-9(12)16-8/h4-5H,1-3H3. The molecule has 2 rings (SSSR count). The third-order valence-electron chi connectivity index (χ3n) is 2.39. The van der Waals surface area contributed by atoms with Crippen LogP contribution < -0.4 is 4.90 Å². The maximum atomic E-state index is 12.1. The Morgan fingerprint density at radius 3 is 2.65 bits per heavy atom. The van der Waals surface area contributed by atoms with E-state index < -0.39 is 0 Å². The summed E-state index contributed by atoms with van der Waals surface area (Å²) in [6, 6.07) is 3.33. The minimum Gasteiger partial charge on any atom is -0.444 e. The third kappa shape index (κ3) is 2.42. The molecule has 0 aliphatic carbocycles. The third-order valence-corrected chi connectivity index (χ3v) is 3.97. The Morgan fingerprint density at radius 2 is 2.18 bits per heavy atom. The summed E-state index contributed by atoms with van der Waals surface area (Å²) in [7, 11) is 1.69. The molecule has 6 heteroatoms. The summed E-state index contributed by atoms with van der Waals surface area (Å²) in [4.78, 5) is 19.0. The SMILES string of the molecule is Cc1nc(N(C)C(=O)c2ccc(Br)o2)sc1C. The number of carbonyl (C=O) groups excluding carboxylic acids is 1. The number of carbonyl (C=O) groups is 1. The number of aryl methyl sites for hydroxylation is 2. The van der Waals surface area contributed by atoms with Gasteiger partial charge < -0.3 is 4.42 Å². The summed E-state index contributed by atoms with van der Waals surface area (Å²) in [6.07, 6.45) is 0. The molecule has 0 aliphatic heterocycles. The first-order chi connectivity index (χ1) is 7.99. The maximum absolute atomic E-state index is 12.1. The Kier molecular flexibility index (Phi) is 3.35. The Hall–Kier alpha value is -1.14. The molecule has 0 aromatic carbocycles. The van der Waals surface area contributed by atoms with Crippen molar-refractivity contribution in [2.45, 2.75) is 13.8 Å². The molecular weight excluding hydrogens is 304 g/mol. The van der Waals surface area contributed by atoms with E-state index in [1.807, 2.05) is 13.8 Å². The molecule has 0 fully saturated rings. The second-order valence-electron chi connectivity index (χ2n) is 3.61. The van der Waals surface area contributed by atoms with E-state index in [0.29, 0.717) is 15.6 Å². The average Bonchev–Trinajstić information content (AvgIpc) is 2.85. The van der Waals surface area contributed by atoms with E-state index in [1.54, 1.807) is 19.2 Å². The molecule has 1 amide bonds. The van der Waals surface area contributed by atoms with Crippen LogP contribution in [0.1, 0.15) is 21.1 Å². The normalized spacial score (nSPS) is 10.6. The molecule has 0 atom stereocenters. The van der Waals surface area contributed by atoms with E-state index in [0.717, 1.165) is 10.6 Å². The lowest BCUT2D eigenvalue weighted by Crippen LogP contribution is -2.25. The zero-order chi connectivity index (χ0) is 12.6. The van der Waals surface area contributed by atoms with E-state index in [4.69, 9.17) is 4.42 Å². The molecule has 90 valence electrons. The molecule has 0 N–H and O–H groups in total. The van der Waals surface area contributed by atoms with Crippen LogP contribution in [0.25, 0.3) is 0 Å². The van der Waals surface area contributed by atoms with Crippen LogP contribution >= 0.6 is 27.3 Å². The van der Waals surface area contributed by atoms with Gasteiger partial charge >= 0.3 is 0 Å². The van der Waals surface area contributed by atoms with Crippen LogP contribution in [0.5, 0.6) is 0 Å². The Balaban J connectivity index is 2.26. The fourth-order valence-corrected chi connectivity index (χ4v) is 2.46. The molecule has 0 radical (unpaired) electrons. The molecule has 0 saturated carbocycles. The van der Waals surface area contributed by atoms with Crippen molar-refractivity contribution in [3.05, 3.63) is 33.1 Å². The number of furan rings is 1. The van der Waals surface area contributed by atoms with Crippen LogP contribution in [0.4, 0.5) is 5.13 Å². The van der Waals surface area contributed by atoms with Crippen LogP contribution in [0.3, 0.4) is 0 Å². The first kappa shape index (κ1) is 12.3. The number of anilines is 1. The monoisotopic (exact) mass is 314 g/mol. The Labute approximate surface area is 111 Å². The highest BCUT2D eigenvalue weighted by Crippen LogP contribution is 2.26. The zero-order valence-electron chi connectivity index (χ0n) is 9.65. The Bertz CT molecular complexity index is 542. The van der Waals surface area contributed by atoms with Gasteiger partial charge in [-0.05, 0) is 41.9 Å². The lowest BCUT2D eigenvalue weighted by atomic mass is 10.4. The lowest BCUT2D eigenvalue weighted by Gasteiger charge is -2.11. The van der Waals surface area contributed by atoms with Crippen molar-refractivity contribution in [1.29, 1.82) is 0 Å². The van der Waals surface area contributed by atoms with E-state index in [2.05, 4.69) is 20.9 Å². The van der Waals surface area contributed by atoms with Crippen LogP contribution in [0.15, 0.2) is 21.2 Å². The van der Waals surface area contributed by atoms with Crippen LogP contribution in [-0.4, -0.2) is 17.9 Å². The van der Waals surface area contributed by atoms with Gasteiger partial charge in [0.1, 0.15) is 0 Å². The van der Waals surface area contributed by atoms with E-state index in [9.17, 15) is 4.79 Å². The van der Waals surface area contributed by atoms with E-state index >= 15 is 0 Å². The summed E-state index contributed by atoms with van der Waals surface area (Å²) >= 11 is 4.66. The number of halogens is 1. The molecule has 0 spiro atoms. The van der Waals surface area contributed by atoms with Gasteiger partial charge in [0.25, 0.3) is 5.91 Å². The molecule has 2 aromatic heterocycles. The van der Waals surface area contributed by atoms with Crippen molar-refractivity contribution >= 4 is 38.3 Å². The first-order valence-electron chi connectivity index (χ1n) is 4.96. The van der Waals surface area contributed by atoms with Crippen molar-refractivity contribution in [3.63, 3.8) is 0 Å². The van der Waals surface area contributed by atoms with Gasteiger partial charge in [0.2, 0.25) is 0 Å². The zero-order valence-corrected chi connectivity index (χ0v) is 12.1. The topological polar surface area (TPSA) is 46.3 Å². The van der Waals surface area contributed by atoms with Crippen molar-refractivity contribution in [1.82, 2.24) is 4.98 Å². The second-order valence-corrected chi connectivity index (χ2v) is 5.57. The molecule has 0 aliphatic rings. The minimum atomic E-state index is -0.204. The summed E-state index contributed by atoms with van der Waals surface area (Å²) < 4.78 is 5.77. The van der Waals surface area contributed by atoms with E-state index in [-0.39, 0.29) is 5.91 Å². The highest BCUT2D eigenvalue weighted by Gasteiger charge is 2.20. The maximum Gasteiger partial charge on any atom is 0.295 e. The number of rotatable bonds is 2. The number of hydrogen-bond acceptors (Lipinski definition) is 4. The first-order valence-corrected chi connectivity index (χ1v) is 6.57. The number of amides is 1. The number of thiazole rings is 1. The van der Waals surface area contributed by atoms with Gasteiger partial charge in [-0.2, -0.15) is 0 Å². The highest BCUT2D eigenvalue weighted by atomic mass is 79.9. The number of nitrogens with zero attached hydrogens (tertiary/aromatic N) is 2.